The number of nitrogens with one attached hydrogen (secondary N) is 1. The number of hydrogen-bond donors (Lipinski definition) is 2. The largest absolute Gasteiger partial charge is 0.480 e. The molecule has 0 spiro atoms. The van der Waals surface area contributed by atoms with Crippen LogP contribution in [0.4, 0.5) is 18.0 Å². The Morgan fingerprint density at radius 2 is 2.15 bits per heavy atom. The van der Waals surface area contributed by atoms with Crippen LogP contribution in [0.1, 0.15) is 17.2 Å². The molecular formula is C12H11F3N2O3. The van der Waals surface area contributed by atoms with E-state index in [0.717, 1.165) is 17.0 Å². The van der Waals surface area contributed by atoms with Crippen LogP contribution in [0.15, 0.2) is 24.3 Å². The third-order valence-electron chi connectivity index (χ3n) is 2.93. The minimum Gasteiger partial charge on any atom is -0.480 e. The molecule has 5 nitrogen and oxygen atoms in total. The highest BCUT2D eigenvalue weighted by molar-refractivity contribution is 5.82. The lowest BCUT2D eigenvalue weighted by Gasteiger charge is -2.13. The molecule has 1 aliphatic rings. The lowest BCUT2D eigenvalue weighted by Crippen LogP contribution is -2.32. The summed E-state index contributed by atoms with van der Waals surface area (Å²) < 4.78 is 37.8. The van der Waals surface area contributed by atoms with Crippen molar-refractivity contribution in [3.8, 4) is 0 Å². The molecule has 1 aromatic carbocycles. The normalized spacial score (nSPS) is 19.1. The highest BCUT2D eigenvalue weighted by Gasteiger charge is 2.34. The number of amides is 2. The molecule has 0 saturated carbocycles. The van der Waals surface area contributed by atoms with Gasteiger partial charge in [0.1, 0.15) is 6.54 Å². The van der Waals surface area contributed by atoms with Crippen molar-refractivity contribution >= 4 is 12.0 Å². The van der Waals surface area contributed by atoms with Gasteiger partial charge in [0.15, 0.2) is 0 Å². The van der Waals surface area contributed by atoms with E-state index in [0.29, 0.717) is 5.56 Å². The summed E-state index contributed by atoms with van der Waals surface area (Å²) in [6, 6.07) is 3.36. The van der Waals surface area contributed by atoms with E-state index in [2.05, 4.69) is 5.32 Å². The van der Waals surface area contributed by atoms with Gasteiger partial charge in [-0.2, -0.15) is 13.2 Å². The van der Waals surface area contributed by atoms with E-state index in [4.69, 9.17) is 5.11 Å². The molecule has 108 valence electrons. The molecule has 1 unspecified atom stereocenters. The molecular weight excluding hydrogens is 277 g/mol. The number of hydrogen-bond acceptors (Lipinski definition) is 2. The third kappa shape index (κ3) is 3.01. The van der Waals surface area contributed by atoms with Crippen molar-refractivity contribution < 1.29 is 27.9 Å². The van der Waals surface area contributed by atoms with Crippen molar-refractivity contribution in [3.63, 3.8) is 0 Å². The van der Waals surface area contributed by atoms with Crippen LogP contribution in [-0.2, 0) is 11.0 Å². The van der Waals surface area contributed by atoms with Crippen molar-refractivity contribution in [1.29, 1.82) is 0 Å². The van der Waals surface area contributed by atoms with Gasteiger partial charge in [0.2, 0.25) is 0 Å². The van der Waals surface area contributed by atoms with Crippen LogP contribution in [0.3, 0.4) is 0 Å². The van der Waals surface area contributed by atoms with Gasteiger partial charge in [-0.05, 0) is 17.7 Å². The molecule has 2 rings (SSSR count). The lowest BCUT2D eigenvalue weighted by molar-refractivity contribution is -0.138. The lowest BCUT2D eigenvalue weighted by atomic mass is 10.0. The maximum Gasteiger partial charge on any atom is 0.416 e. The number of carbonyl (C=O) groups is 2. The summed E-state index contributed by atoms with van der Waals surface area (Å²) in [5.41, 5.74) is -0.512. The molecule has 2 N–H and O–H groups in total. The Labute approximate surface area is 112 Å². The van der Waals surface area contributed by atoms with Crippen molar-refractivity contribution in [2.24, 2.45) is 0 Å². The van der Waals surface area contributed by atoms with Gasteiger partial charge < -0.3 is 15.3 Å². The summed E-state index contributed by atoms with van der Waals surface area (Å²) in [5.74, 6) is -1.18. The van der Waals surface area contributed by atoms with Gasteiger partial charge in [0.05, 0.1) is 11.6 Å². The molecule has 0 aliphatic carbocycles. The predicted octanol–water partition coefficient (Wildman–Crippen LogP) is 1.86. The molecule has 2 amide bonds. The SMILES string of the molecule is O=C(O)CN1CC(c2cccc(C(F)(F)F)c2)NC1=O. The molecule has 1 aromatic rings. The molecule has 1 heterocycles. The third-order valence-corrected chi connectivity index (χ3v) is 2.93. The molecule has 0 aromatic heterocycles. The second kappa shape index (κ2) is 5.03. The fourth-order valence-electron chi connectivity index (χ4n) is 2.01. The van der Waals surface area contributed by atoms with Crippen LogP contribution < -0.4 is 5.32 Å². The van der Waals surface area contributed by atoms with Crippen LogP contribution in [0.2, 0.25) is 0 Å². The number of carboxylic acids is 1. The average Bonchev–Trinajstić information content (AvgIpc) is 2.69. The van der Waals surface area contributed by atoms with Gasteiger partial charge in [-0.25, -0.2) is 4.79 Å². The van der Waals surface area contributed by atoms with E-state index >= 15 is 0 Å². The number of aliphatic carboxylic acids is 1. The second-order valence-corrected chi connectivity index (χ2v) is 4.40. The Morgan fingerprint density at radius 3 is 2.75 bits per heavy atom. The predicted molar refractivity (Wildman–Crippen MR) is 61.9 cm³/mol. The maximum atomic E-state index is 12.6. The molecule has 20 heavy (non-hydrogen) atoms. The Bertz CT molecular complexity index is 545. The summed E-state index contributed by atoms with van der Waals surface area (Å²) in [6.45, 7) is -0.465. The van der Waals surface area contributed by atoms with E-state index in [-0.39, 0.29) is 6.54 Å². The standard InChI is InChI=1S/C12H11F3N2O3/c13-12(14,15)8-3-1-2-7(4-8)9-5-17(6-10(18)19)11(20)16-9/h1-4,9H,5-6H2,(H,16,20)(H,18,19). The van der Waals surface area contributed by atoms with Crippen LogP contribution >= 0.6 is 0 Å². The molecule has 8 heteroatoms. The van der Waals surface area contributed by atoms with Gasteiger partial charge in [0.25, 0.3) is 0 Å². The minimum absolute atomic E-state index is 0.0203. The summed E-state index contributed by atoms with van der Waals surface area (Å²) >= 11 is 0. The highest BCUT2D eigenvalue weighted by atomic mass is 19.4. The van der Waals surface area contributed by atoms with E-state index in [1.54, 1.807) is 0 Å². The maximum absolute atomic E-state index is 12.6. The zero-order valence-electron chi connectivity index (χ0n) is 10.1. The van der Waals surface area contributed by atoms with Crippen LogP contribution in [0.25, 0.3) is 0 Å². The first-order chi connectivity index (χ1) is 9.27. The monoisotopic (exact) mass is 288 g/mol. The van der Waals surface area contributed by atoms with Gasteiger partial charge in [-0.15, -0.1) is 0 Å². The number of benzene rings is 1. The number of halogens is 3. The molecule has 1 atom stereocenters. The van der Waals surface area contributed by atoms with Gasteiger partial charge in [-0.1, -0.05) is 12.1 Å². The zero-order valence-corrected chi connectivity index (χ0v) is 10.1. The Kier molecular flexibility index (Phi) is 3.56. The minimum atomic E-state index is -4.46. The number of carboxylic acid groups (broad SMARTS) is 1. The Balaban J connectivity index is 2.17. The smallest absolute Gasteiger partial charge is 0.416 e. The first kappa shape index (κ1) is 14.2. The molecule has 1 aliphatic heterocycles. The first-order valence-corrected chi connectivity index (χ1v) is 5.72. The number of alkyl halides is 3. The van der Waals surface area contributed by atoms with Crippen LogP contribution in [0, 0.1) is 0 Å². The fourth-order valence-corrected chi connectivity index (χ4v) is 2.01. The Morgan fingerprint density at radius 1 is 1.45 bits per heavy atom. The van der Waals surface area contributed by atoms with E-state index in [1.165, 1.54) is 12.1 Å². The fraction of sp³-hybridized carbons (Fsp3) is 0.333. The molecule has 1 saturated heterocycles. The van der Waals surface area contributed by atoms with Gasteiger partial charge in [0, 0.05) is 6.54 Å². The van der Waals surface area contributed by atoms with Crippen molar-refractivity contribution in [2.45, 2.75) is 12.2 Å². The second-order valence-electron chi connectivity index (χ2n) is 4.40. The van der Waals surface area contributed by atoms with Crippen LogP contribution in [-0.4, -0.2) is 35.1 Å². The molecule has 0 bridgehead atoms. The number of urea groups is 1. The highest BCUT2D eigenvalue weighted by Crippen LogP contribution is 2.31. The van der Waals surface area contributed by atoms with Crippen molar-refractivity contribution in [3.05, 3.63) is 35.4 Å². The topological polar surface area (TPSA) is 69.6 Å². The Hall–Kier alpha value is -2.25. The van der Waals surface area contributed by atoms with Crippen LogP contribution in [0.5, 0.6) is 0 Å². The summed E-state index contributed by atoms with van der Waals surface area (Å²) in [5, 5.41) is 11.1. The average molecular weight is 288 g/mol. The number of nitrogens with zero attached hydrogens (tertiary/aromatic N) is 1. The van der Waals surface area contributed by atoms with E-state index < -0.39 is 36.3 Å². The van der Waals surface area contributed by atoms with Gasteiger partial charge in [-0.3, -0.25) is 4.79 Å². The van der Waals surface area contributed by atoms with Gasteiger partial charge >= 0.3 is 18.2 Å². The molecule has 0 radical (unpaired) electrons. The van der Waals surface area contributed by atoms with E-state index in [9.17, 15) is 22.8 Å². The van der Waals surface area contributed by atoms with Crippen molar-refractivity contribution in [2.75, 3.05) is 13.1 Å². The zero-order chi connectivity index (χ0) is 14.9. The van der Waals surface area contributed by atoms with E-state index in [1.807, 2.05) is 0 Å². The number of rotatable bonds is 3. The summed E-state index contributed by atoms with van der Waals surface area (Å²) in [4.78, 5) is 23.1. The number of carbonyl (C=O) groups excluding carboxylic acids is 1. The van der Waals surface area contributed by atoms with Crippen molar-refractivity contribution in [1.82, 2.24) is 10.2 Å². The quantitative estimate of drug-likeness (QED) is 0.892. The summed E-state index contributed by atoms with van der Waals surface area (Å²) in [7, 11) is 0. The first-order valence-electron chi connectivity index (χ1n) is 5.72. The molecule has 1 fully saturated rings. The summed E-state index contributed by atoms with van der Waals surface area (Å²) in [6.07, 6.45) is -4.46.